The van der Waals surface area contributed by atoms with Crippen LogP contribution in [0.15, 0.2) is 23.4 Å². The van der Waals surface area contributed by atoms with Crippen molar-refractivity contribution < 1.29 is 17.9 Å². The molecule has 0 radical (unpaired) electrons. The summed E-state index contributed by atoms with van der Waals surface area (Å²) in [7, 11) is -4.22. The van der Waals surface area contributed by atoms with E-state index in [0.717, 1.165) is 42.9 Å². The van der Waals surface area contributed by atoms with Crippen LogP contribution in [0.2, 0.25) is 0 Å². The van der Waals surface area contributed by atoms with Gasteiger partial charge in [-0.25, -0.2) is 17.8 Å². The van der Waals surface area contributed by atoms with E-state index in [-0.39, 0.29) is 28.7 Å². The molecule has 1 aliphatic rings. The van der Waals surface area contributed by atoms with Gasteiger partial charge in [0, 0.05) is 41.4 Å². The highest BCUT2D eigenvalue weighted by Gasteiger charge is 2.31. The summed E-state index contributed by atoms with van der Waals surface area (Å²) in [6.07, 6.45) is 4.21. The molecule has 1 aromatic carbocycles. The zero-order valence-electron chi connectivity index (χ0n) is 16.6. The van der Waals surface area contributed by atoms with Crippen molar-refractivity contribution in [3.8, 4) is 0 Å². The second-order valence-electron chi connectivity index (χ2n) is 7.69. The van der Waals surface area contributed by atoms with Gasteiger partial charge in [0.05, 0.1) is 6.61 Å². The average molecular weight is 459 g/mol. The van der Waals surface area contributed by atoms with Crippen LogP contribution in [0.3, 0.4) is 0 Å². The fraction of sp³-hybridized carbons (Fsp3) is 0.556. The molecule has 0 spiro atoms. The second-order valence-corrected chi connectivity index (χ2v) is 10.1. The van der Waals surface area contributed by atoms with E-state index in [1.807, 2.05) is 6.92 Å². The summed E-state index contributed by atoms with van der Waals surface area (Å²) < 4.78 is 45.6. The summed E-state index contributed by atoms with van der Waals surface area (Å²) in [5, 5.41) is 12.8. The third-order valence-electron chi connectivity index (χ3n) is 5.30. The first-order valence-electron chi connectivity index (χ1n) is 9.69. The lowest BCUT2D eigenvalue weighted by molar-refractivity contribution is 0.282. The average Bonchev–Trinajstić information content (AvgIpc) is 3.42. The first-order chi connectivity index (χ1) is 14.2. The normalized spacial score (nSPS) is 17.4. The first-order valence-corrected chi connectivity index (χ1v) is 11.9. The van der Waals surface area contributed by atoms with Gasteiger partial charge in [0.2, 0.25) is 5.13 Å². The smallest absolute Gasteiger partial charge is 0.266 e. The molecule has 1 aromatic heterocycles. The fourth-order valence-electron chi connectivity index (χ4n) is 3.28. The molecule has 1 saturated carbocycles. The maximum atomic E-state index is 14.7. The number of nitrogens with two attached hydrogens (primary N) is 2. The minimum absolute atomic E-state index is 0.0222. The zero-order valence-corrected chi connectivity index (χ0v) is 18.2. The predicted octanol–water partition coefficient (Wildman–Crippen LogP) is 1.47. The molecule has 1 heterocycles. The topological polar surface area (TPSA) is 156 Å². The van der Waals surface area contributed by atoms with Gasteiger partial charge in [0.1, 0.15) is 17.0 Å². The number of sulfonamides is 1. The van der Waals surface area contributed by atoms with Gasteiger partial charge in [-0.1, -0.05) is 0 Å². The fourth-order valence-corrected chi connectivity index (χ4v) is 5.05. The molecular weight excluding hydrogens is 431 g/mol. The predicted molar refractivity (Wildman–Crippen MR) is 114 cm³/mol. The molecule has 1 aliphatic carbocycles. The Morgan fingerprint density at radius 3 is 2.67 bits per heavy atom. The van der Waals surface area contributed by atoms with Gasteiger partial charge < -0.3 is 21.9 Å². The van der Waals surface area contributed by atoms with Crippen molar-refractivity contribution in [3.63, 3.8) is 0 Å². The Morgan fingerprint density at radius 1 is 1.37 bits per heavy atom. The van der Waals surface area contributed by atoms with E-state index in [0.29, 0.717) is 18.2 Å². The third kappa shape index (κ3) is 5.64. The molecular formula is C18H27FN6O3S2. The quantitative estimate of drug-likeness (QED) is 0.339. The van der Waals surface area contributed by atoms with Gasteiger partial charge in [-0.3, -0.25) is 4.72 Å². The van der Waals surface area contributed by atoms with Crippen LogP contribution >= 0.6 is 11.5 Å². The number of aliphatic hydroxyl groups excluding tert-OH is 1. The van der Waals surface area contributed by atoms with Crippen molar-refractivity contribution in [2.24, 2.45) is 23.3 Å². The largest absolute Gasteiger partial charge is 0.392 e. The number of benzene rings is 1. The van der Waals surface area contributed by atoms with Crippen LogP contribution in [0.4, 0.5) is 15.2 Å². The molecule has 9 nitrogen and oxygen atoms in total. The van der Waals surface area contributed by atoms with Gasteiger partial charge in [-0.05, 0) is 50.2 Å². The van der Waals surface area contributed by atoms with Crippen LogP contribution in [0.25, 0.3) is 0 Å². The number of aliphatic hydroxyl groups is 1. The van der Waals surface area contributed by atoms with Crippen molar-refractivity contribution in [2.45, 2.75) is 49.8 Å². The maximum absolute atomic E-state index is 14.7. The monoisotopic (exact) mass is 458 g/mol. The van der Waals surface area contributed by atoms with Crippen LogP contribution in [-0.4, -0.2) is 41.5 Å². The van der Waals surface area contributed by atoms with Crippen LogP contribution in [0.1, 0.15) is 31.7 Å². The second kappa shape index (κ2) is 9.52. The van der Waals surface area contributed by atoms with Gasteiger partial charge in [0.15, 0.2) is 0 Å². The summed E-state index contributed by atoms with van der Waals surface area (Å²) >= 11 is 0.831. The van der Waals surface area contributed by atoms with E-state index < -0.39 is 27.3 Å². The summed E-state index contributed by atoms with van der Waals surface area (Å²) in [5.74, 6) is -0.349. The molecule has 7 N–H and O–H groups in total. The van der Waals surface area contributed by atoms with Crippen molar-refractivity contribution in [1.82, 2.24) is 9.36 Å². The van der Waals surface area contributed by atoms with Crippen LogP contribution in [0.5, 0.6) is 0 Å². The van der Waals surface area contributed by atoms with Crippen molar-refractivity contribution in [3.05, 3.63) is 29.8 Å². The SMILES string of the molecule is C[C@@H](N)[C@H](CNc1cc(F)c(S(=O)(=O)Nc2ncns2)cc1CO)CC(N)C1CC1. The number of halogens is 1. The molecule has 166 valence electrons. The molecule has 3 atom stereocenters. The molecule has 0 aliphatic heterocycles. The Kier molecular flexibility index (Phi) is 7.24. The number of aromatic nitrogens is 2. The minimum Gasteiger partial charge on any atom is -0.392 e. The minimum atomic E-state index is -4.22. The standard InChI is InChI=1S/C18H27FN6O3S2/c1-10(20)12(4-15(21)11-2-3-11)7-22-16-6-14(19)17(5-13(16)8-26)30(27,28)25-18-23-9-24-29-18/h5-6,9-12,15,22,26H,2-4,7-8,20-21H2,1H3,(H,23,24,25)/t10-,12+,15?/m1/s1. The zero-order chi connectivity index (χ0) is 21.9. The molecule has 12 heteroatoms. The van der Waals surface area contributed by atoms with Crippen LogP contribution < -0.4 is 21.5 Å². The van der Waals surface area contributed by atoms with Crippen molar-refractivity contribution in [2.75, 3.05) is 16.6 Å². The van der Waals surface area contributed by atoms with Gasteiger partial charge in [0.25, 0.3) is 10.0 Å². The van der Waals surface area contributed by atoms with Gasteiger partial charge in [-0.2, -0.15) is 4.37 Å². The Hall–Kier alpha value is -1.86. The third-order valence-corrected chi connectivity index (χ3v) is 7.36. The Balaban J connectivity index is 1.76. The summed E-state index contributed by atoms with van der Waals surface area (Å²) in [4.78, 5) is 3.16. The lowest BCUT2D eigenvalue weighted by atomic mass is 9.92. The maximum Gasteiger partial charge on any atom is 0.266 e. The molecule has 3 rings (SSSR count). The molecule has 1 fully saturated rings. The van der Waals surface area contributed by atoms with E-state index in [1.165, 1.54) is 6.33 Å². The summed E-state index contributed by atoms with van der Waals surface area (Å²) in [6, 6.07) is 2.13. The highest BCUT2D eigenvalue weighted by Crippen LogP contribution is 2.34. The molecule has 0 saturated heterocycles. The van der Waals surface area contributed by atoms with Crippen molar-refractivity contribution >= 4 is 32.4 Å². The van der Waals surface area contributed by atoms with Gasteiger partial charge >= 0.3 is 0 Å². The van der Waals surface area contributed by atoms with Crippen molar-refractivity contribution in [1.29, 1.82) is 0 Å². The van der Waals surface area contributed by atoms with Crippen LogP contribution in [-0.2, 0) is 16.6 Å². The lowest BCUT2D eigenvalue weighted by Crippen LogP contribution is -2.38. The Labute approximate surface area is 179 Å². The van der Waals surface area contributed by atoms with E-state index in [1.54, 1.807) is 0 Å². The molecule has 0 amide bonds. The van der Waals surface area contributed by atoms with E-state index in [9.17, 15) is 17.9 Å². The van der Waals surface area contributed by atoms with Gasteiger partial charge in [-0.15, -0.1) is 0 Å². The lowest BCUT2D eigenvalue weighted by Gasteiger charge is -2.25. The Morgan fingerprint density at radius 2 is 2.10 bits per heavy atom. The molecule has 2 aromatic rings. The summed E-state index contributed by atoms with van der Waals surface area (Å²) in [5.41, 5.74) is 12.9. The molecule has 1 unspecified atom stereocenters. The number of hydrogen-bond acceptors (Lipinski definition) is 9. The number of hydrogen-bond donors (Lipinski definition) is 5. The highest BCUT2D eigenvalue weighted by molar-refractivity contribution is 7.93. The first kappa shape index (κ1) is 22.8. The number of anilines is 2. The molecule has 30 heavy (non-hydrogen) atoms. The van der Waals surface area contributed by atoms with E-state index in [2.05, 4.69) is 19.4 Å². The van der Waals surface area contributed by atoms with Crippen LogP contribution in [0, 0.1) is 17.7 Å². The Bertz CT molecular complexity index is 951. The van der Waals surface area contributed by atoms with E-state index >= 15 is 0 Å². The molecule has 0 bridgehead atoms. The number of nitrogens with zero attached hydrogens (tertiary/aromatic N) is 2. The summed E-state index contributed by atoms with van der Waals surface area (Å²) in [6.45, 7) is 1.86. The highest BCUT2D eigenvalue weighted by atomic mass is 32.2. The number of nitrogens with one attached hydrogen (secondary N) is 2. The van der Waals surface area contributed by atoms with E-state index in [4.69, 9.17) is 11.5 Å². The number of rotatable bonds is 11.